The average molecular weight is 595 g/mol. The molecule has 14 heteroatoms. The summed E-state index contributed by atoms with van der Waals surface area (Å²) in [7, 11) is 0. The van der Waals surface area contributed by atoms with Crippen molar-refractivity contribution in [3.63, 3.8) is 0 Å². The van der Waals surface area contributed by atoms with Crippen molar-refractivity contribution >= 4 is 23.9 Å². The van der Waals surface area contributed by atoms with Crippen molar-refractivity contribution in [2.24, 2.45) is 16.7 Å². The van der Waals surface area contributed by atoms with Gasteiger partial charge in [-0.3, -0.25) is 9.59 Å². The molecule has 1 fully saturated rings. The third-order valence-electron chi connectivity index (χ3n) is 6.63. The lowest BCUT2D eigenvalue weighted by molar-refractivity contribution is -0.238. The highest BCUT2D eigenvalue weighted by Crippen LogP contribution is 2.36. The lowest BCUT2D eigenvalue weighted by Gasteiger charge is -2.31. The molecule has 1 aliphatic rings. The van der Waals surface area contributed by atoms with E-state index in [1.54, 1.807) is 41.5 Å². The maximum atomic E-state index is 13.1. The summed E-state index contributed by atoms with van der Waals surface area (Å²) in [6.45, 7) is 8.36. The fourth-order valence-electron chi connectivity index (χ4n) is 3.20. The zero-order valence-corrected chi connectivity index (χ0v) is 23.8. The van der Waals surface area contributed by atoms with Gasteiger partial charge in [0.2, 0.25) is 0 Å². The summed E-state index contributed by atoms with van der Waals surface area (Å²) in [5.74, 6) is -5.32. The van der Waals surface area contributed by atoms with Crippen LogP contribution < -0.4 is 0 Å². The van der Waals surface area contributed by atoms with Crippen LogP contribution >= 0.6 is 0 Å². The first-order chi connectivity index (χ1) is 18.2. The first kappa shape index (κ1) is 37.5. The summed E-state index contributed by atoms with van der Waals surface area (Å²) >= 11 is 0. The zero-order valence-electron chi connectivity index (χ0n) is 23.8. The first-order valence-corrected chi connectivity index (χ1v) is 13.0. The van der Waals surface area contributed by atoms with E-state index in [0.29, 0.717) is 38.5 Å². The molecule has 0 aliphatic heterocycles. The highest BCUT2D eigenvalue weighted by Gasteiger charge is 2.48. The Morgan fingerprint density at radius 3 is 1.52 bits per heavy atom. The van der Waals surface area contributed by atoms with Crippen LogP contribution in [-0.2, 0) is 38.1 Å². The highest BCUT2D eigenvalue weighted by atomic mass is 19.4. The molecule has 1 atom stereocenters. The molecular weight excluding hydrogens is 554 g/mol. The van der Waals surface area contributed by atoms with E-state index in [9.17, 15) is 45.5 Å². The number of alkyl halides is 6. The van der Waals surface area contributed by atoms with Crippen LogP contribution in [-0.4, -0.2) is 62.2 Å². The Morgan fingerprint density at radius 2 is 1.12 bits per heavy atom. The fraction of sp³-hybridized carbons (Fsp3) is 0.846. The van der Waals surface area contributed by atoms with Crippen LogP contribution in [0.25, 0.3) is 0 Å². The van der Waals surface area contributed by atoms with Crippen LogP contribution in [0.1, 0.15) is 86.5 Å². The molecule has 0 radical (unpaired) electrons. The molecule has 8 nitrogen and oxygen atoms in total. The van der Waals surface area contributed by atoms with Gasteiger partial charge in [-0.1, -0.05) is 33.1 Å². The second-order valence-corrected chi connectivity index (χ2v) is 10.7. The van der Waals surface area contributed by atoms with Gasteiger partial charge in [-0.2, -0.15) is 26.3 Å². The van der Waals surface area contributed by atoms with Gasteiger partial charge in [0.1, 0.15) is 13.2 Å². The van der Waals surface area contributed by atoms with Crippen molar-refractivity contribution in [3.05, 3.63) is 0 Å². The number of esters is 4. The Labute approximate surface area is 230 Å². The predicted molar refractivity (Wildman–Crippen MR) is 130 cm³/mol. The quantitative estimate of drug-likeness (QED) is 0.123. The van der Waals surface area contributed by atoms with Crippen LogP contribution in [0.5, 0.6) is 0 Å². The van der Waals surface area contributed by atoms with E-state index in [4.69, 9.17) is 4.74 Å². The van der Waals surface area contributed by atoms with Gasteiger partial charge in [0.15, 0.2) is 12.7 Å². The Kier molecular flexibility index (Phi) is 15.0. The maximum absolute atomic E-state index is 13.1. The van der Waals surface area contributed by atoms with Gasteiger partial charge >= 0.3 is 36.2 Å². The van der Waals surface area contributed by atoms with Gasteiger partial charge in [0.05, 0.1) is 10.8 Å². The summed E-state index contributed by atoms with van der Waals surface area (Å²) in [5, 5.41) is 0. The smallest absolute Gasteiger partial charge is 0.462 e. The molecule has 40 heavy (non-hydrogen) atoms. The van der Waals surface area contributed by atoms with Crippen LogP contribution in [0.3, 0.4) is 0 Å². The van der Waals surface area contributed by atoms with Crippen molar-refractivity contribution in [2.45, 2.75) is 105 Å². The van der Waals surface area contributed by atoms with E-state index in [-0.39, 0.29) is 6.61 Å². The molecule has 1 rings (SSSR count). The van der Waals surface area contributed by atoms with Gasteiger partial charge < -0.3 is 18.9 Å². The summed E-state index contributed by atoms with van der Waals surface area (Å²) in [5.41, 5.74) is -1.49. The molecule has 0 saturated heterocycles. The average Bonchev–Trinajstić information content (AvgIpc) is 2.87. The van der Waals surface area contributed by atoms with E-state index in [2.05, 4.69) is 14.2 Å². The Bertz CT molecular complexity index is 830. The second kappa shape index (κ2) is 16.0. The van der Waals surface area contributed by atoms with Crippen molar-refractivity contribution in [1.82, 2.24) is 0 Å². The SMILES string of the molecule is CCC(C)(C)C(=O)OCC(=O)OC(C1CCCCC1)C(F)(F)F.CCC(C)(C)C(=O)OCCOC(=O)C(F)(F)F. The number of rotatable bonds is 11. The van der Waals surface area contributed by atoms with Crippen molar-refractivity contribution in [1.29, 1.82) is 0 Å². The third kappa shape index (κ3) is 13.7. The lowest BCUT2D eigenvalue weighted by atomic mass is 9.85. The molecule has 0 spiro atoms. The second-order valence-electron chi connectivity index (χ2n) is 10.7. The monoisotopic (exact) mass is 594 g/mol. The molecule has 0 aromatic carbocycles. The maximum Gasteiger partial charge on any atom is 0.490 e. The molecule has 0 aromatic rings. The van der Waals surface area contributed by atoms with E-state index < -0.39 is 72.3 Å². The van der Waals surface area contributed by atoms with Gasteiger partial charge in [-0.25, -0.2) is 9.59 Å². The summed E-state index contributed by atoms with van der Waals surface area (Å²) in [6.07, 6.45) is -7.63. The molecule has 1 unspecified atom stereocenters. The molecule has 0 N–H and O–H groups in total. The molecule has 1 aliphatic carbocycles. The van der Waals surface area contributed by atoms with Gasteiger partial charge in [0.25, 0.3) is 0 Å². The number of hydrogen-bond acceptors (Lipinski definition) is 8. The predicted octanol–water partition coefficient (Wildman–Crippen LogP) is 6.09. The zero-order chi connectivity index (χ0) is 31.4. The van der Waals surface area contributed by atoms with Crippen molar-refractivity contribution < 1.29 is 64.5 Å². The molecular formula is C26H40F6O8. The number of halogens is 6. The third-order valence-corrected chi connectivity index (χ3v) is 6.63. The van der Waals surface area contributed by atoms with Crippen LogP contribution in [0.2, 0.25) is 0 Å². The Hall–Kier alpha value is -2.54. The van der Waals surface area contributed by atoms with E-state index in [0.717, 1.165) is 6.42 Å². The summed E-state index contributed by atoms with van der Waals surface area (Å²) in [6, 6.07) is 0. The van der Waals surface area contributed by atoms with Gasteiger partial charge in [-0.15, -0.1) is 0 Å². The van der Waals surface area contributed by atoms with E-state index >= 15 is 0 Å². The lowest BCUT2D eigenvalue weighted by Crippen LogP contribution is -2.42. The molecule has 0 heterocycles. The van der Waals surface area contributed by atoms with Gasteiger partial charge in [0, 0.05) is 5.92 Å². The minimum atomic E-state index is -5.02. The molecule has 0 bridgehead atoms. The van der Waals surface area contributed by atoms with Crippen LogP contribution in [0.15, 0.2) is 0 Å². The summed E-state index contributed by atoms with van der Waals surface area (Å²) in [4.78, 5) is 45.0. The molecule has 234 valence electrons. The fourth-order valence-corrected chi connectivity index (χ4v) is 3.20. The molecule has 0 amide bonds. The Morgan fingerprint density at radius 1 is 0.700 bits per heavy atom. The van der Waals surface area contributed by atoms with E-state index in [1.807, 2.05) is 0 Å². The largest absolute Gasteiger partial charge is 0.490 e. The standard InChI is InChI=1S/C16H25F3O4.C10H15F3O4/c1-4-15(2,3)14(21)22-10-12(20)23-13(16(17,18)19)11-8-6-5-7-9-11;1-4-9(2,3)7(14)16-5-6-17-8(15)10(11,12)13/h11,13H,4-10H2,1-3H3;4-6H2,1-3H3. The highest BCUT2D eigenvalue weighted by molar-refractivity contribution is 5.80. The molecule has 0 aromatic heterocycles. The first-order valence-electron chi connectivity index (χ1n) is 13.0. The number of ether oxygens (including phenoxy) is 4. The number of hydrogen-bond donors (Lipinski definition) is 0. The minimum absolute atomic E-state index is 0.385. The van der Waals surface area contributed by atoms with Crippen LogP contribution in [0.4, 0.5) is 26.3 Å². The number of carbonyl (C=O) groups is 4. The number of carbonyl (C=O) groups excluding carboxylic acids is 4. The van der Waals surface area contributed by atoms with Crippen molar-refractivity contribution in [2.75, 3.05) is 19.8 Å². The molecule has 1 saturated carbocycles. The van der Waals surface area contributed by atoms with Gasteiger partial charge in [-0.05, 0) is 53.4 Å². The summed E-state index contributed by atoms with van der Waals surface area (Å²) < 4.78 is 92.4. The van der Waals surface area contributed by atoms with Crippen molar-refractivity contribution in [3.8, 4) is 0 Å². The normalized spacial score (nSPS) is 15.7. The van der Waals surface area contributed by atoms with E-state index in [1.165, 1.54) is 0 Å². The topological polar surface area (TPSA) is 105 Å². The minimum Gasteiger partial charge on any atom is -0.462 e. The van der Waals surface area contributed by atoms with Crippen LogP contribution in [0, 0.1) is 16.7 Å². The Balaban J connectivity index is 0.000000799.